The average molecular weight is 300 g/mol. The van der Waals surface area contributed by atoms with Gasteiger partial charge in [-0.15, -0.1) is 0 Å². The third-order valence-electron chi connectivity index (χ3n) is 4.57. The predicted octanol–water partition coefficient (Wildman–Crippen LogP) is 5.21. The number of benzene rings is 1. The summed E-state index contributed by atoms with van der Waals surface area (Å²) in [6, 6.07) is 7.59. The van der Waals surface area contributed by atoms with Crippen molar-refractivity contribution in [2.45, 2.75) is 57.7 Å². The highest BCUT2D eigenvalue weighted by atomic mass is 19.4. The summed E-state index contributed by atoms with van der Waals surface area (Å²) in [6.07, 6.45) is -3.50. The molecule has 4 heteroatoms. The van der Waals surface area contributed by atoms with Gasteiger partial charge in [0.05, 0.1) is 12.0 Å². The first-order valence-electron chi connectivity index (χ1n) is 7.63. The summed E-state index contributed by atoms with van der Waals surface area (Å²) in [6.45, 7) is 4.17. The van der Waals surface area contributed by atoms with E-state index in [0.717, 1.165) is 5.56 Å². The van der Waals surface area contributed by atoms with Crippen LogP contribution in [-0.2, 0) is 0 Å². The van der Waals surface area contributed by atoms with E-state index >= 15 is 0 Å². The molecule has 0 heterocycles. The van der Waals surface area contributed by atoms with E-state index in [1.54, 1.807) is 0 Å². The van der Waals surface area contributed by atoms with Crippen LogP contribution >= 0.6 is 0 Å². The monoisotopic (exact) mass is 300 g/mol. The lowest BCUT2D eigenvalue weighted by atomic mass is 9.77. The van der Waals surface area contributed by atoms with E-state index in [2.05, 4.69) is 13.8 Å². The maximum Gasteiger partial charge on any atom is 0.391 e. The highest BCUT2D eigenvalue weighted by Crippen LogP contribution is 2.43. The molecule has 0 aliphatic heterocycles. The minimum Gasteiger partial charge on any atom is -0.388 e. The van der Waals surface area contributed by atoms with Crippen LogP contribution in [0.15, 0.2) is 24.3 Å². The normalized spacial score (nSPS) is 25.1. The third-order valence-corrected chi connectivity index (χ3v) is 4.57. The summed E-state index contributed by atoms with van der Waals surface area (Å²) in [5.74, 6) is -1.16. The minimum absolute atomic E-state index is 0.0383. The van der Waals surface area contributed by atoms with Gasteiger partial charge in [-0.1, -0.05) is 44.5 Å². The van der Waals surface area contributed by atoms with Crippen LogP contribution in [-0.4, -0.2) is 11.3 Å². The molecule has 0 aromatic heterocycles. The first-order chi connectivity index (χ1) is 9.79. The molecule has 1 aliphatic rings. The van der Waals surface area contributed by atoms with Crippen molar-refractivity contribution in [3.05, 3.63) is 35.4 Å². The zero-order valence-electron chi connectivity index (χ0n) is 12.5. The van der Waals surface area contributed by atoms with Crippen LogP contribution in [0.2, 0.25) is 0 Å². The Kier molecular flexibility index (Phi) is 4.97. The number of rotatable bonds is 3. The first-order valence-corrected chi connectivity index (χ1v) is 7.63. The van der Waals surface area contributed by atoms with Crippen LogP contribution in [0.25, 0.3) is 0 Å². The second-order valence-corrected chi connectivity index (χ2v) is 6.43. The summed E-state index contributed by atoms with van der Waals surface area (Å²) in [4.78, 5) is 0. The van der Waals surface area contributed by atoms with Crippen LogP contribution < -0.4 is 0 Å². The topological polar surface area (TPSA) is 20.2 Å². The van der Waals surface area contributed by atoms with Crippen LogP contribution in [0.4, 0.5) is 13.2 Å². The Balaban J connectivity index is 2.06. The quantitative estimate of drug-likeness (QED) is 0.812. The zero-order valence-corrected chi connectivity index (χ0v) is 12.5. The molecule has 118 valence electrons. The summed E-state index contributed by atoms with van der Waals surface area (Å²) >= 11 is 0. The van der Waals surface area contributed by atoms with Gasteiger partial charge in [0.15, 0.2) is 0 Å². The van der Waals surface area contributed by atoms with Gasteiger partial charge in [0.25, 0.3) is 0 Å². The van der Waals surface area contributed by atoms with Gasteiger partial charge in [0, 0.05) is 0 Å². The Bertz CT molecular complexity index is 450. The molecule has 2 rings (SSSR count). The summed E-state index contributed by atoms with van der Waals surface area (Å²) in [5.41, 5.74) is 1.90. The number of halogens is 3. The van der Waals surface area contributed by atoms with E-state index in [1.807, 2.05) is 24.3 Å². The van der Waals surface area contributed by atoms with E-state index < -0.39 is 18.2 Å². The Labute approximate surface area is 124 Å². The Morgan fingerprint density at radius 1 is 1.05 bits per heavy atom. The van der Waals surface area contributed by atoms with Gasteiger partial charge in [-0.05, 0) is 42.2 Å². The minimum atomic E-state index is -4.14. The molecule has 3 atom stereocenters. The van der Waals surface area contributed by atoms with Crippen molar-refractivity contribution in [2.24, 2.45) is 11.8 Å². The standard InChI is InChI=1S/C17H23F3O/c1-11(2)12-6-8-13(9-7-12)16(21)14-4-3-5-15(10-14)17(18,19)20/h6-9,11,14-16,21H,3-5,10H2,1-2H3. The summed E-state index contributed by atoms with van der Waals surface area (Å²) in [7, 11) is 0. The number of aliphatic hydroxyl groups is 1. The Morgan fingerprint density at radius 2 is 1.62 bits per heavy atom. The molecule has 1 aromatic rings. The molecular weight excluding hydrogens is 277 g/mol. The molecule has 1 saturated carbocycles. The maximum absolute atomic E-state index is 12.8. The molecule has 0 spiro atoms. The van der Waals surface area contributed by atoms with Crippen molar-refractivity contribution >= 4 is 0 Å². The molecule has 3 unspecified atom stereocenters. The van der Waals surface area contributed by atoms with Gasteiger partial charge in [-0.3, -0.25) is 0 Å². The second kappa shape index (κ2) is 6.39. The van der Waals surface area contributed by atoms with Gasteiger partial charge in [-0.2, -0.15) is 13.2 Å². The molecule has 0 bridgehead atoms. The molecular formula is C17H23F3O. The average Bonchev–Trinajstić information content (AvgIpc) is 2.46. The molecule has 0 amide bonds. The predicted molar refractivity (Wildman–Crippen MR) is 77.0 cm³/mol. The fraction of sp³-hybridized carbons (Fsp3) is 0.647. The number of hydrogen-bond acceptors (Lipinski definition) is 1. The van der Waals surface area contributed by atoms with Crippen LogP contribution in [0.5, 0.6) is 0 Å². The largest absolute Gasteiger partial charge is 0.391 e. The molecule has 21 heavy (non-hydrogen) atoms. The van der Waals surface area contributed by atoms with E-state index in [4.69, 9.17) is 0 Å². The van der Waals surface area contributed by atoms with E-state index in [-0.39, 0.29) is 18.8 Å². The first kappa shape index (κ1) is 16.3. The van der Waals surface area contributed by atoms with E-state index in [0.29, 0.717) is 18.8 Å². The number of hydrogen-bond donors (Lipinski definition) is 1. The third kappa shape index (κ3) is 4.00. The van der Waals surface area contributed by atoms with Crippen molar-refractivity contribution < 1.29 is 18.3 Å². The second-order valence-electron chi connectivity index (χ2n) is 6.43. The van der Waals surface area contributed by atoms with Gasteiger partial charge in [-0.25, -0.2) is 0 Å². The lowest BCUT2D eigenvalue weighted by molar-refractivity contribution is -0.189. The SMILES string of the molecule is CC(C)c1ccc(C(O)C2CCCC(C(F)(F)F)C2)cc1. The summed E-state index contributed by atoms with van der Waals surface area (Å²) < 4.78 is 38.5. The Hall–Kier alpha value is -1.03. The van der Waals surface area contributed by atoms with Gasteiger partial charge >= 0.3 is 6.18 Å². The van der Waals surface area contributed by atoms with E-state index in [1.165, 1.54) is 5.56 Å². The molecule has 1 nitrogen and oxygen atoms in total. The van der Waals surface area contributed by atoms with E-state index in [9.17, 15) is 18.3 Å². The molecule has 1 aliphatic carbocycles. The highest BCUT2D eigenvalue weighted by molar-refractivity contribution is 5.26. The van der Waals surface area contributed by atoms with Gasteiger partial charge in [0.1, 0.15) is 0 Å². The fourth-order valence-corrected chi connectivity index (χ4v) is 3.16. The molecule has 1 fully saturated rings. The molecule has 0 radical (unpaired) electrons. The zero-order chi connectivity index (χ0) is 15.6. The van der Waals surface area contributed by atoms with Crippen LogP contribution in [0, 0.1) is 11.8 Å². The van der Waals surface area contributed by atoms with Gasteiger partial charge in [0.2, 0.25) is 0 Å². The van der Waals surface area contributed by atoms with Crippen molar-refractivity contribution in [3.63, 3.8) is 0 Å². The molecule has 1 N–H and O–H groups in total. The van der Waals surface area contributed by atoms with Gasteiger partial charge < -0.3 is 5.11 Å². The lowest BCUT2D eigenvalue weighted by Gasteiger charge is -2.33. The number of alkyl halides is 3. The highest BCUT2D eigenvalue weighted by Gasteiger charge is 2.43. The lowest BCUT2D eigenvalue weighted by Crippen LogP contribution is -2.31. The van der Waals surface area contributed by atoms with Crippen molar-refractivity contribution in [1.82, 2.24) is 0 Å². The smallest absolute Gasteiger partial charge is 0.388 e. The van der Waals surface area contributed by atoms with Crippen molar-refractivity contribution in [3.8, 4) is 0 Å². The number of aliphatic hydroxyl groups excluding tert-OH is 1. The molecule has 1 aromatic carbocycles. The van der Waals surface area contributed by atoms with Crippen LogP contribution in [0.1, 0.15) is 62.7 Å². The fourth-order valence-electron chi connectivity index (χ4n) is 3.16. The Morgan fingerprint density at radius 3 is 2.14 bits per heavy atom. The maximum atomic E-state index is 12.8. The van der Waals surface area contributed by atoms with Crippen LogP contribution in [0.3, 0.4) is 0 Å². The molecule has 0 saturated heterocycles. The summed E-state index contributed by atoms with van der Waals surface area (Å²) in [5, 5.41) is 10.4. The van der Waals surface area contributed by atoms with Crippen molar-refractivity contribution in [2.75, 3.05) is 0 Å². The van der Waals surface area contributed by atoms with Crippen molar-refractivity contribution in [1.29, 1.82) is 0 Å².